The molecule has 1 aliphatic rings. The third kappa shape index (κ3) is 5.86. The van der Waals surface area contributed by atoms with Gasteiger partial charge in [-0.25, -0.2) is 13.4 Å². The summed E-state index contributed by atoms with van der Waals surface area (Å²) >= 11 is 0. The van der Waals surface area contributed by atoms with E-state index in [2.05, 4.69) is 39.6 Å². The fourth-order valence-electron chi connectivity index (χ4n) is 2.85. The van der Waals surface area contributed by atoms with Crippen LogP contribution in [-0.4, -0.2) is 49.9 Å². The molecule has 10 heteroatoms. The molecule has 0 bridgehead atoms. The van der Waals surface area contributed by atoms with Gasteiger partial charge in [0.05, 0.1) is 18.0 Å². The molecule has 4 N–H and O–H groups in total. The number of nitrogens with one attached hydrogen (secondary N) is 2. The van der Waals surface area contributed by atoms with Gasteiger partial charge in [-0.05, 0) is 32.0 Å². The van der Waals surface area contributed by atoms with Crippen molar-refractivity contribution >= 4 is 21.6 Å². The number of hydrogen-bond acceptors (Lipinski definition) is 7. The Morgan fingerprint density at radius 2 is 1.84 bits per heavy atom. The summed E-state index contributed by atoms with van der Waals surface area (Å²) < 4.78 is 30.7. The van der Waals surface area contributed by atoms with Crippen molar-refractivity contribution in [3.63, 3.8) is 0 Å². The van der Waals surface area contributed by atoms with E-state index in [1.165, 1.54) is 16.9 Å². The normalized spacial score (nSPS) is 16.2. The largest absolute Gasteiger partial charge is 0.449 e. The molecular formula is C22H28N6O3S. The third-order valence-electron chi connectivity index (χ3n) is 4.75. The zero-order valence-corrected chi connectivity index (χ0v) is 19.3. The number of benzene rings is 2. The van der Waals surface area contributed by atoms with Crippen LogP contribution in [0.15, 0.2) is 66.0 Å². The molecule has 1 aromatic heterocycles. The predicted octanol–water partition coefficient (Wildman–Crippen LogP) is 2.42. The van der Waals surface area contributed by atoms with Crippen LogP contribution >= 0.6 is 0 Å². The summed E-state index contributed by atoms with van der Waals surface area (Å²) in [5.41, 5.74) is 11.8. The Kier molecular flexibility index (Phi) is 7.16. The first-order valence-corrected chi connectivity index (χ1v) is 11.9. The van der Waals surface area contributed by atoms with E-state index in [0.717, 1.165) is 6.26 Å². The Hall–Kier alpha value is -3.37. The van der Waals surface area contributed by atoms with Gasteiger partial charge in [0, 0.05) is 30.6 Å². The van der Waals surface area contributed by atoms with Gasteiger partial charge in [0.2, 0.25) is 22.1 Å². The second kappa shape index (κ2) is 9.84. The molecular weight excluding hydrogens is 428 g/mol. The Morgan fingerprint density at radius 3 is 2.34 bits per heavy atom. The standard InChI is InChI=1S/C15H20N6O3S.C7H8/c1-9(16)14-19-20-15(24-14)11-6-10(13-17-4-5-18-13)7-12(8-11)21(2)25(3,22)23;1-7-5-3-2-4-6-7/h4-9,14,19H,16H2,1-3H3,(H,17,18);2-6H,1H3. The highest BCUT2D eigenvalue weighted by Crippen LogP contribution is 2.27. The van der Waals surface area contributed by atoms with Gasteiger partial charge in [-0.1, -0.05) is 35.9 Å². The van der Waals surface area contributed by atoms with Crippen LogP contribution in [0, 0.1) is 6.92 Å². The fourth-order valence-corrected chi connectivity index (χ4v) is 3.34. The zero-order valence-electron chi connectivity index (χ0n) is 18.5. The number of imidazole rings is 1. The minimum atomic E-state index is -3.42. The molecule has 0 saturated heterocycles. The Bertz CT molecular complexity index is 1160. The molecule has 4 rings (SSSR count). The molecule has 0 radical (unpaired) electrons. The van der Waals surface area contributed by atoms with Crippen LogP contribution in [0.2, 0.25) is 0 Å². The number of sulfonamides is 1. The number of anilines is 1. The molecule has 2 aromatic carbocycles. The molecule has 1 aliphatic heterocycles. The van der Waals surface area contributed by atoms with E-state index in [-0.39, 0.29) is 6.04 Å². The molecule has 9 nitrogen and oxygen atoms in total. The monoisotopic (exact) mass is 456 g/mol. The average molecular weight is 457 g/mol. The number of aromatic amines is 1. The maximum absolute atomic E-state index is 11.9. The summed E-state index contributed by atoms with van der Waals surface area (Å²) in [6.07, 6.45) is 4.03. The number of aryl methyl sites for hydroxylation is 1. The summed E-state index contributed by atoms with van der Waals surface area (Å²) in [7, 11) is -1.93. The Labute approximate surface area is 188 Å². The van der Waals surface area contributed by atoms with Crippen molar-refractivity contribution in [2.45, 2.75) is 26.1 Å². The predicted molar refractivity (Wildman–Crippen MR) is 127 cm³/mol. The first kappa shape index (κ1) is 23.3. The molecule has 2 atom stereocenters. The van der Waals surface area contributed by atoms with Crippen molar-refractivity contribution in [3.05, 3.63) is 72.1 Å². The lowest BCUT2D eigenvalue weighted by Gasteiger charge is -2.19. The van der Waals surface area contributed by atoms with Crippen LogP contribution in [0.3, 0.4) is 0 Å². The molecule has 0 aliphatic carbocycles. The fraction of sp³-hybridized carbons (Fsp3) is 0.273. The number of H-pyrrole nitrogens is 1. The van der Waals surface area contributed by atoms with Gasteiger partial charge in [-0.2, -0.15) is 0 Å². The number of nitrogens with two attached hydrogens (primary N) is 1. The summed E-state index contributed by atoms with van der Waals surface area (Å²) in [5.74, 6) is 0.958. The lowest BCUT2D eigenvalue weighted by molar-refractivity contribution is 0.162. The van der Waals surface area contributed by atoms with Crippen molar-refractivity contribution in [2.75, 3.05) is 17.6 Å². The van der Waals surface area contributed by atoms with E-state index in [1.54, 1.807) is 31.5 Å². The number of hydrazone groups is 1. The van der Waals surface area contributed by atoms with E-state index >= 15 is 0 Å². The molecule has 3 aromatic rings. The van der Waals surface area contributed by atoms with Crippen LogP contribution in [0.25, 0.3) is 11.4 Å². The zero-order chi connectivity index (χ0) is 23.3. The lowest BCUT2D eigenvalue weighted by atomic mass is 10.1. The molecule has 0 spiro atoms. The topological polar surface area (TPSA) is 126 Å². The van der Waals surface area contributed by atoms with Crippen LogP contribution < -0.4 is 15.5 Å². The second-order valence-corrected chi connectivity index (χ2v) is 9.55. The number of hydrogen-bond donors (Lipinski definition) is 3. The van der Waals surface area contributed by atoms with Crippen molar-refractivity contribution < 1.29 is 13.2 Å². The van der Waals surface area contributed by atoms with Crippen LogP contribution in [0.4, 0.5) is 5.69 Å². The minimum absolute atomic E-state index is 0.257. The maximum atomic E-state index is 11.9. The number of rotatable bonds is 5. The minimum Gasteiger partial charge on any atom is -0.449 e. The summed E-state index contributed by atoms with van der Waals surface area (Å²) in [6, 6.07) is 15.3. The SMILES string of the molecule is CC(N)C1NN=C(c2cc(-c3ncc[nH]3)cc(N(C)S(C)(=O)=O)c2)O1.Cc1ccccc1. The van der Waals surface area contributed by atoms with Gasteiger partial charge >= 0.3 is 0 Å². The van der Waals surface area contributed by atoms with Gasteiger partial charge in [0.25, 0.3) is 0 Å². The Balaban J connectivity index is 0.000000352. The summed E-state index contributed by atoms with van der Waals surface area (Å²) in [5, 5.41) is 4.16. The maximum Gasteiger partial charge on any atom is 0.240 e. The molecule has 0 saturated carbocycles. The van der Waals surface area contributed by atoms with Gasteiger partial charge in [0.1, 0.15) is 5.82 Å². The summed E-state index contributed by atoms with van der Waals surface area (Å²) in [4.78, 5) is 7.23. The second-order valence-electron chi connectivity index (χ2n) is 7.54. The number of ether oxygens (including phenoxy) is 1. The molecule has 2 unspecified atom stereocenters. The lowest BCUT2D eigenvalue weighted by Crippen LogP contribution is -2.39. The van der Waals surface area contributed by atoms with Gasteiger partial charge in [-0.3, -0.25) is 9.73 Å². The highest BCUT2D eigenvalue weighted by Gasteiger charge is 2.25. The van der Waals surface area contributed by atoms with E-state index in [4.69, 9.17) is 10.5 Å². The molecule has 0 amide bonds. The summed E-state index contributed by atoms with van der Waals surface area (Å²) in [6.45, 7) is 3.89. The van der Waals surface area contributed by atoms with E-state index in [9.17, 15) is 8.42 Å². The van der Waals surface area contributed by atoms with E-state index in [0.29, 0.717) is 28.5 Å². The van der Waals surface area contributed by atoms with Gasteiger partial charge < -0.3 is 15.5 Å². The third-order valence-corrected chi connectivity index (χ3v) is 5.95. The van der Waals surface area contributed by atoms with Crippen molar-refractivity contribution in [1.82, 2.24) is 15.4 Å². The molecule has 0 fully saturated rings. The number of aromatic nitrogens is 2. The highest BCUT2D eigenvalue weighted by atomic mass is 32.2. The van der Waals surface area contributed by atoms with Gasteiger partial charge in [0.15, 0.2) is 0 Å². The van der Waals surface area contributed by atoms with E-state index in [1.807, 2.05) is 24.3 Å². The van der Waals surface area contributed by atoms with Crippen molar-refractivity contribution in [2.24, 2.45) is 10.8 Å². The highest BCUT2D eigenvalue weighted by molar-refractivity contribution is 7.92. The Morgan fingerprint density at radius 1 is 1.16 bits per heavy atom. The molecule has 170 valence electrons. The molecule has 32 heavy (non-hydrogen) atoms. The van der Waals surface area contributed by atoms with Crippen LogP contribution in [0.1, 0.15) is 18.1 Å². The average Bonchev–Trinajstić information content (AvgIpc) is 3.46. The van der Waals surface area contributed by atoms with Crippen LogP contribution in [0.5, 0.6) is 0 Å². The van der Waals surface area contributed by atoms with Crippen LogP contribution in [-0.2, 0) is 14.8 Å². The van der Waals surface area contributed by atoms with Crippen molar-refractivity contribution in [3.8, 4) is 11.4 Å². The smallest absolute Gasteiger partial charge is 0.240 e. The number of nitrogens with zero attached hydrogens (tertiary/aromatic N) is 3. The first-order valence-electron chi connectivity index (χ1n) is 10.0. The quantitative estimate of drug-likeness (QED) is 0.541. The molecule has 2 heterocycles. The van der Waals surface area contributed by atoms with Gasteiger partial charge in [-0.15, -0.1) is 5.10 Å². The van der Waals surface area contributed by atoms with E-state index < -0.39 is 16.3 Å². The first-order chi connectivity index (χ1) is 15.1. The van der Waals surface area contributed by atoms with Crippen molar-refractivity contribution in [1.29, 1.82) is 0 Å².